The number of rotatable bonds is 3. The van der Waals surface area contributed by atoms with Crippen LogP contribution in [0.15, 0.2) is 33.5 Å². The Labute approximate surface area is 119 Å². The number of aliphatic carboxylic acids is 1. The molecular weight excluding hydrogens is 276 g/mol. The number of carbonyl (C=O) groups is 2. The zero-order valence-electron chi connectivity index (χ0n) is 11.2. The van der Waals surface area contributed by atoms with Crippen molar-refractivity contribution < 1.29 is 19.1 Å². The molecule has 1 amide bonds. The van der Waals surface area contributed by atoms with Gasteiger partial charge in [-0.05, 0) is 25.0 Å². The largest absolute Gasteiger partial charge is 0.480 e. The molecule has 1 fully saturated rings. The first kappa shape index (κ1) is 13.4. The van der Waals surface area contributed by atoms with Crippen LogP contribution in [0.1, 0.15) is 12.8 Å². The van der Waals surface area contributed by atoms with E-state index in [1.165, 1.54) is 9.47 Å². The maximum absolute atomic E-state index is 12.3. The highest BCUT2D eigenvalue weighted by atomic mass is 16.4. The Bertz CT molecular complexity index is 760. The minimum Gasteiger partial charge on any atom is -0.480 e. The number of fused-ring (bicyclic) bond motifs is 1. The van der Waals surface area contributed by atoms with Crippen LogP contribution in [0.3, 0.4) is 0 Å². The second-order valence-corrected chi connectivity index (χ2v) is 5.01. The van der Waals surface area contributed by atoms with Gasteiger partial charge in [-0.25, -0.2) is 9.59 Å². The molecule has 1 saturated heterocycles. The Morgan fingerprint density at radius 2 is 2.10 bits per heavy atom. The Morgan fingerprint density at radius 3 is 2.86 bits per heavy atom. The van der Waals surface area contributed by atoms with Crippen LogP contribution in [0.2, 0.25) is 0 Å². The molecule has 2 aromatic rings. The molecule has 1 aromatic carbocycles. The fourth-order valence-electron chi connectivity index (χ4n) is 2.71. The first-order chi connectivity index (χ1) is 10.1. The summed E-state index contributed by atoms with van der Waals surface area (Å²) in [5, 5.41) is 9.10. The summed E-state index contributed by atoms with van der Waals surface area (Å²) in [5.74, 6) is -2.01. The van der Waals surface area contributed by atoms with Crippen molar-refractivity contribution in [1.82, 2.24) is 9.47 Å². The highest BCUT2D eigenvalue weighted by molar-refractivity contribution is 5.85. The van der Waals surface area contributed by atoms with Gasteiger partial charge in [0.2, 0.25) is 5.91 Å². The number of hydrogen-bond donors (Lipinski definition) is 1. The molecule has 0 bridgehead atoms. The predicted molar refractivity (Wildman–Crippen MR) is 72.8 cm³/mol. The molecule has 7 nitrogen and oxygen atoms in total. The smallest absolute Gasteiger partial charge is 0.420 e. The molecule has 1 aromatic heterocycles. The molecule has 0 aliphatic carbocycles. The van der Waals surface area contributed by atoms with E-state index < -0.39 is 17.8 Å². The van der Waals surface area contributed by atoms with E-state index in [-0.39, 0.29) is 12.5 Å². The lowest BCUT2D eigenvalue weighted by Gasteiger charge is -2.21. The zero-order chi connectivity index (χ0) is 15.0. The van der Waals surface area contributed by atoms with Crippen molar-refractivity contribution in [3.8, 4) is 0 Å². The first-order valence-corrected chi connectivity index (χ1v) is 6.68. The SMILES string of the molecule is O=C(O)C1CCCN1C(=O)Cn1c(=O)oc2ccccc21. The fourth-order valence-corrected chi connectivity index (χ4v) is 2.71. The van der Waals surface area contributed by atoms with Gasteiger partial charge in [0.15, 0.2) is 5.58 Å². The molecule has 3 rings (SSSR count). The van der Waals surface area contributed by atoms with Gasteiger partial charge in [0.05, 0.1) is 5.52 Å². The number of carbonyl (C=O) groups excluding carboxylic acids is 1. The van der Waals surface area contributed by atoms with Crippen LogP contribution in [0.25, 0.3) is 11.1 Å². The molecule has 7 heteroatoms. The number of hydrogen-bond acceptors (Lipinski definition) is 4. The summed E-state index contributed by atoms with van der Waals surface area (Å²) in [6.07, 6.45) is 1.10. The minimum atomic E-state index is -1.01. The van der Waals surface area contributed by atoms with E-state index in [9.17, 15) is 14.4 Å². The van der Waals surface area contributed by atoms with Crippen molar-refractivity contribution in [2.45, 2.75) is 25.4 Å². The number of carboxylic acids is 1. The summed E-state index contributed by atoms with van der Waals surface area (Å²) >= 11 is 0. The van der Waals surface area contributed by atoms with Crippen LogP contribution in [0, 0.1) is 0 Å². The second-order valence-electron chi connectivity index (χ2n) is 5.01. The van der Waals surface area contributed by atoms with Gasteiger partial charge in [-0.15, -0.1) is 0 Å². The normalized spacial score (nSPS) is 18.3. The number of likely N-dealkylation sites (tertiary alicyclic amines) is 1. The molecule has 110 valence electrons. The Kier molecular flexibility index (Phi) is 3.25. The van der Waals surface area contributed by atoms with E-state index >= 15 is 0 Å². The first-order valence-electron chi connectivity index (χ1n) is 6.68. The van der Waals surface area contributed by atoms with Crippen molar-refractivity contribution in [2.75, 3.05) is 6.54 Å². The topological polar surface area (TPSA) is 92.8 Å². The van der Waals surface area contributed by atoms with E-state index in [4.69, 9.17) is 9.52 Å². The van der Waals surface area contributed by atoms with E-state index in [2.05, 4.69) is 0 Å². The molecule has 1 aliphatic rings. The fraction of sp³-hybridized carbons (Fsp3) is 0.357. The average molecular weight is 290 g/mol. The Morgan fingerprint density at radius 1 is 1.33 bits per heavy atom. The maximum Gasteiger partial charge on any atom is 0.420 e. The molecule has 1 atom stereocenters. The number of oxazole rings is 1. The van der Waals surface area contributed by atoms with E-state index in [0.29, 0.717) is 30.5 Å². The van der Waals surface area contributed by atoms with Crippen LogP contribution in [-0.2, 0) is 16.1 Å². The van der Waals surface area contributed by atoms with Gasteiger partial charge in [0.25, 0.3) is 0 Å². The molecular formula is C14H14N2O5. The quantitative estimate of drug-likeness (QED) is 0.896. The van der Waals surface area contributed by atoms with Gasteiger partial charge in [-0.2, -0.15) is 0 Å². The van der Waals surface area contributed by atoms with Gasteiger partial charge >= 0.3 is 11.7 Å². The van der Waals surface area contributed by atoms with Crippen LogP contribution >= 0.6 is 0 Å². The predicted octanol–water partition coefficient (Wildman–Crippen LogP) is 0.670. The molecule has 2 heterocycles. The standard InChI is InChI=1S/C14H14N2O5/c17-12(15-7-3-5-10(15)13(18)19)8-16-9-4-1-2-6-11(9)21-14(16)20/h1-2,4,6,10H,3,5,7-8H2,(H,18,19). The lowest BCUT2D eigenvalue weighted by Crippen LogP contribution is -2.42. The number of carboxylic acid groups (broad SMARTS) is 1. The minimum absolute atomic E-state index is 0.209. The highest BCUT2D eigenvalue weighted by Crippen LogP contribution is 2.19. The summed E-state index contributed by atoms with van der Waals surface area (Å²) in [5.41, 5.74) is 0.938. The number of para-hydroxylation sites is 2. The molecule has 1 aliphatic heterocycles. The average Bonchev–Trinajstić information content (AvgIpc) is 3.04. The summed E-state index contributed by atoms with van der Waals surface area (Å²) in [7, 11) is 0. The van der Waals surface area contributed by atoms with Crippen LogP contribution < -0.4 is 5.76 Å². The van der Waals surface area contributed by atoms with Gasteiger partial charge in [-0.3, -0.25) is 9.36 Å². The van der Waals surface area contributed by atoms with E-state index in [0.717, 1.165) is 0 Å². The molecule has 0 saturated carbocycles. The van der Waals surface area contributed by atoms with Crippen LogP contribution in [0.5, 0.6) is 0 Å². The van der Waals surface area contributed by atoms with Crippen molar-refractivity contribution in [2.24, 2.45) is 0 Å². The number of amides is 1. The van der Waals surface area contributed by atoms with Gasteiger partial charge in [-0.1, -0.05) is 12.1 Å². The van der Waals surface area contributed by atoms with Crippen molar-refractivity contribution in [1.29, 1.82) is 0 Å². The summed E-state index contributed by atoms with van der Waals surface area (Å²) in [4.78, 5) is 36.5. The zero-order valence-corrected chi connectivity index (χ0v) is 11.2. The second kappa shape index (κ2) is 5.08. The lowest BCUT2D eigenvalue weighted by molar-refractivity contribution is -0.148. The molecule has 0 spiro atoms. The van der Waals surface area contributed by atoms with Crippen molar-refractivity contribution >= 4 is 23.0 Å². The summed E-state index contributed by atoms with van der Waals surface area (Å²) in [6, 6.07) is 6.01. The van der Waals surface area contributed by atoms with Crippen molar-refractivity contribution in [3.05, 3.63) is 34.8 Å². The van der Waals surface area contributed by atoms with Gasteiger partial charge < -0.3 is 14.4 Å². The van der Waals surface area contributed by atoms with Gasteiger partial charge in [0, 0.05) is 6.54 Å². The van der Waals surface area contributed by atoms with Gasteiger partial charge in [0.1, 0.15) is 12.6 Å². The van der Waals surface area contributed by atoms with Crippen molar-refractivity contribution in [3.63, 3.8) is 0 Å². The maximum atomic E-state index is 12.3. The molecule has 21 heavy (non-hydrogen) atoms. The molecule has 1 N–H and O–H groups in total. The molecule has 1 unspecified atom stereocenters. The van der Waals surface area contributed by atoms with Crippen LogP contribution in [-0.4, -0.2) is 39.0 Å². The Hall–Kier alpha value is -2.57. The third-order valence-electron chi connectivity index (χ3n) is 3.73. The van der Waals surface area contributed by atoms with E-state index in [1.54, 1.807) is 24.3 Å². The van der Waals surface area contributed by atoms with Crippen LogP contribution in [0.4, 0.5) is 0 Å². The lowest BCUT2D eigenvalue weighted by atomic mass is 10.2. The highest BCUT2D eigenvalue weighted by Gasteiger charge is 2.34. The summed E-state index contributed by atoms with van der Waals surface area (Å²) < 4.78 is 6.29. The summed E-state index contributed by atoms with van der Waals surface area (Å²) in [6.45, 7) is 0.194. The number of benzene rings is 1. The van der Waals surface area contributed by atoms with E-state index in [1.807, 2.05) is 0 Å². The number of aromatic nitrogens is 1. The monoisotopic (exact) mass is 290 g/mol. The molecule has 0 radical (unpaired) electrons. The third-order valence-corrected chi connectivity index (χ3v) is 3.73. The third kappa shape index (κ3) is 2.31. The number of nitrogens with zero attached hydrogens (tertiary/aromatic N) is 2. The Balaban J connectivity index is 1.88.